The van der Waals surface area contributed by atoms with Gasteiger partial charge in [-0.25, -0.2) is 4.68 Å². The molecular formula is C12H19ClFN5. The van der Waals surface area contributed by atoms with E-state index in [1.165, 1.54) is 4.68 Å². The molecule has 106 valence electrons. The van der Waals surface area contributed by atoms with Crippen molar-refractivity contribution in [1.82, 2.24) is 24.9 Å². The quantitative estimate of drug-likeness (QED) is 0.912. The van der Waals surface area contributed by atoms with Gasteiger partial charge in [0.05, 0.1) is 11.9 Å². The van der Waals surface area contributed by atoms with Gasteiger partial charge < -0.3 is 5.32 Å². The van der Waals surface area contributed by atoms with Crippen molar-refractivity contribution in [2.75, 3.05) is 0 Å². The number of hydrogen-bond acceptors (Lipinski definition) is 3. The van der Waals surface area contributed by atoms with Crippen LogP contribution < -0.4 is 5.32 Å². The van der Waals surface area contributed by atoms with E-state index < -0.39 is 0 Å². The molecule has 0 aromatic carbocycles. The van der Waals surface area contributed by atoms with Crippen LogP contribution in [-0.2, 0) is 26.7 Å². The lowest BCUT2D eigenvalue weighted by atomic mass is 10.2. The number of hydrogen-bond donors (Lipinski definition) is 1. The Morgan fingerprint density at radius 3 is 2.63 bits per heavy atom. The number of aromatic nitrogens is 4. The van der Waals surface area contributed by atoms with Gasteiger partial charge in [-0.1, -0.05) is 0 Å². The van der Waals surface area contributed by atoms with E-state index in [-0.39, 0.29) is 18.4 Å². The van der Waals surface area contributed by atoms with Crippen LogP contribution in [0.25, 0.3) is 0 Å². The molecule has 7 heteroatoms. The molecule has 2 rings (SSSR count). The third-order valence-electron chi connectivity index (χ3n) is 2.91. The monoisotopic (exact) mass is 287 g/mol. The molecule has 0 fully saturated rings. The number of halogens is 2. The number of nitrogens with one attached hydrogen (secondary N) is 1. The first-order valence-corrected chi connectivity index (χ1v) is 6.01. The second kappa shape index (κ2) is 6.68. The lowest BCUT2D eigenvalue weighted by molar-refractivity contribution is 0.489. The lowest BCUT2D eigenvalue weighted by Crippen LogP contribution is -2.13. The fourth-order valence-corrected chi connectivity index (χ4v) is 1.88. The van der Waals surface area contributed by atoms with E-state index in [0.29, 0.717) is 18.7 Å². The predicted molar refractivity (Wildman–Crippen MR) is 73.6 cm³/mol. The smallest absolute Gasteiger partial charge is 0.215 e. The van der Waals surface area contributed by atoms with Gasteiger partial charge in [0.1, 0.15) is 0 Å². The van der Waals surface area contributed by atoms with Gasteiger partial charge in [0.2, 0.25) is 5.95 Å². The molecule has 0 bridgehead atoms. The van der Waals surface area contributed by atoms with E-state index in [1.54, 1.807) is 7.05 Å². The van der Waals surface area contributed by atoms with Crippen molar-refractivity contribution in [2.45, 2.75) is 33.5 Å². The summed E-state index contributed by atoms with van der Waals surface area (Å²) in [6, 6.07) is 0. The van der Waals surface area contributed by atoms with E-state index in [4.69, 9.17) is 0 Å². The molecule has 0 saturated heterocycles. The third-order valence-corrected chi connectivity index (χ3v) is 2.91. The topological polar surface area (TPSA) is 47.7 Å². The lowest BCUT2D eigenvalue weighted by Gasteiger charge is -2.02. The van der Waals surface area contributed by atoms with E-state index >= 15 is 0 Å². The molecule has 0 saturated carbocycles. The maximum Gasteiger partial charge on any atom is 0.215 e. The molecule has 2 aromatic rings. The summed E-state index contributed by atoms with van der Waals surface area (Å²) in [7, 11) is 1.61. The molecule has 0 amide bonds. The van der Waals surface area contributed by atoms with E-state index in [0.717, 1.165) is 17.8 Å². The average Bonchev–Trinajstić information content (AvgIpc) is 2.89. The van der Waals surface area contributed by atoms with Crippen molar-refractivity contribution in [1.29, 1.82) is 0 Å². The summed E-state index contributed by atoms with van der Waals surface area (Å²) in [5.41, 5.74) is 2.45. The minimum Gasteiger partial charge on any atom is -0.308 e. The van der Waals surface area contributed by atoms with E-state index in [2.05, 4.69) is 15.5 Å². The van der Waals surface area contributed by atoms with Crippen LogP contribution >= 0.6 is 12.4 Å². The van der Waals surface area contributed by atoms with Crippen molar-refractivity contribution < 1.29 is 4.39 Å². The summed E-state index contributed by atoms with van der Waals surface area (Å²) < 4.78 is 16.8. The molecule has 2 heterocycles. The summed E-state index contributed by atoms with van der Waals surface area (Å²) in [5, 5.41) is 11.4. The zero-order chi connectivity index (χ0) is 13.1. The molecule has 0 spiro atoms. The Hall–Kier alpha value is -1.40. The van der Waals surface area contributed by atoms with Crippen molar-refractivity contribution in [3.63, 3.8) is 0 Å². The first kappa shape index (κ1) is 15.7. The fraction of sp³-hybridized carbons (Fsp3) is 0.500. The Morgan fingerprint density at radius 2 is 2.11 bits per heavy atom. The van der Waals surface area contributed by atoms with Crippen LogP contribution in [0.4, 0.5) is 4.39 Å². The minimum atomic E-state index is -0.274. The van der Waals surface area contributed by atoms with Gasteiger partial charge >= 0.3 is 0 Å². The summed E-state index contributed by atoms with van der Waals surface area (Å²) in [6.07, 6.45) is 3.81. The zero-order valence-electron chi connectivity index (χ0n) is 11.4. The molecule has 5 nitrogen and oxygen atoms in total. The Morgan fingerprint density at radius 1 is 1.37 bits per heavy atom. The van der Waals surface area contributed by atoms with Crippen molar-refractivity contribution >= 4 is 12.4 Å². The van der Waals surface area contributed by atoms with Crippen LogP contribution in [0.3, 0.4) is 0 Å². The summed E-state index contributed by atoms with van der Waals surface area (Å²) in [5.74, 6) is -0.274. The number of rotatable bonds is 5. The normalized spacial score (nSPS) is 10.5. The van der Waals surface area contributed by atoms with Crippen LogP contribution in [0, 0.1) is 12.9 Å². The Labute approximate surface area is 118 Å². The molecule has 0 aliphatic carbocycles. The maximum absolute atomic E-state index is 13.7. The summed E-state index contributed by atoms with van der Waals surface area (Å²) in [4.78, 5) is 0. The number of nitrogens with zero attached hydrogens (tertiary/aromatic N) is 4. The van der Waals surface area contributed by atoms with Crippen LogP contribution in [0.5, 0.6) is 0 Å². The molecule has 0 unspecified atom stereocenters. The standard InChI is InChI=1S/C12H18FN5.ClH/c1-4-18-8-10(6-15-18)5-14-7-11-9(2)16-17(3)12(11)13;/h6,8,14H,4-5,7H2,1-3H3;1H. The highest BCUT2D eigenvalue weighted by atomic mass is 35.5. The van der Waals surface area contributed by atoms with Crippen molar-refractivity contribution in [3.8, 4) is 0 Å². The van der Waals surface area contributed by atoms with E-state index in [1.807, 2.05) is 30.9 Å². The van der Waals surface area contributed by atoms with Gasteiger partial charge in [-0.2, -0.15) is 14.6 Å². The van der Waals surface area contributed by atoms with Crippen LogP contribution in [-0.4, -0.2) is 19.6 Å². The molecular weight excluding hydrogens is 269 g/mol. The second-order valence-electron chi connectivity index (χ2n) is 4.29. The largest absolute Gasteiger partial charge is 0.308 e. The molecule has 0 radical (unpaired) electrons. The van der Waals surface area contributed by atoms with Gasteiger partial charge in [0.15, 0.2) is 0 Å². The molecule has 2 aromatic heterocycles. The highest BCUT2D eigenvalue weighted by molar-refractivity contribution is 5.85. The van der Waals surface area contributed by atoms with Gasteiger partial charge in [0.25, 0.3) is 0 Å². The first-order chi connectivity index (χ1) is 8.61. The predicted octanol–water partition coefficient (Wildman–Crippen LogP) is 1.80. The SMILES string of the molecule is CCn1cc(CNCc2c(C)nn(C)c2F)cn1.Cl. The summed E-state index contributed by atoms with van der Waals surface area (Å²) >= 11 is 0. The highest BCUT2D eigenvalue weighted by Gasteiger charge is 2.11. The van der Waals surface area contributed by atoms with Crippen molar-refractivity contribution in [2.24, 2.45) is 7.05 Å². The van der Waals surface area contributed by atoms with E-state index in [9.17, 15) is 4.39 Å². The molecule has 0 aliphatic heterocycles. The third kappa shape index (κ3) is 3.54. The molecule has 1 N–H and O–H groups in total. The highest BCUT2D eigenvalue weighted by Crippen LogP contribution is 2.10. The maximum atomic E-state index is 13.7. The summed E-state index contributed by atoms with van der Waals surface area (Å²) in [6.45, 7) is 5.86. The Kier molecular flexibility index (Phi) is 5.50. The molecule has 0 aliphatic rings. The average molecular weight is 288 g/mol. The number of aryl methyl sites for hydroxylation is 3. The Bertz CT molecular complexity index is 534. The van der Waals surface area contributed by atoms with Gasteiger partial charge in [-0.05, 0) is 13.8 Å². The van der Waals surface area contributed by atoms with Gasteiger partial charge in [-0.3, -0.25) is 4.68 Å². The first-order valence-electron chi connectivity index (χ1n) is 6.01. The molecule has 0 atom stereocenters. The minimum absolute atomic E-state index is 0. The fourth-order valence-electron chi connectivity index (χ4n) is 1.88. The van der Waals surface area contributed by atoms with Crippen LogP contribution in [0.1, 0.15) is 23.7 Å². The Balaban J connectivity index is 0.00000180. The second-order valence-corrected chi connectivity index (χ2v) is 4.29. The van der Waals surface area contributed by atoms with Crippen LogP contribution in [0.15, 0.2) is 12.4 Å². The van der Waals surface area contributed by atoms with Gasteiger partial charge in [-0.15, -0.1) is 12.4 Å². The van der Waals surface area contributed by atoms with Gasteiger partial charge in [0, 0.05) is 44.0 Å². The molecule has 19 heavy (non-hydrogen) atoms. The van der Waals surface area contributed by atoms with Crippen molar-refractivity contribution in [3.05, 3.63) is 35.2 Å². The van der Waals surface area contributed by atoms with Crippen LogP contribution in [0.2, 0.25) is 0 Å². The zero-order valence-corrected chi connectivity index (χ0v) is 12.2.